The van der Waals surface area contributed by atoms with Crippen LogP contribution in [-0.2, 0) is 36.1 Å². The Balaban J connectivity index is 1.97. The third-order valence-electron chi connectivity index (χ3n) is 5.94. The number of methoxy groups -OCH3 is 1. The van der Waals surface area contributed by atoms with Crippen molar-refractivity contribution in [2.24, 2.45) is 0 Å². The van der Waals surface area contributed by atoms with Crippen LogP contribution in [0, 0.1) is 5.82 Å². The van der Waals surface area contributed by atoms with Crippen LogP contribution >= 0.6 is 7.60 Å². The first-order valence-corrected chi connectivity index (χ1v) is 14.8. The van der Waals surface area contributed by atoms with Crippen LogP contribution in [0.3, 0.4) is 0 Å². The van der Waals surface area contributed by atoms with E-state index in [-0.39, 0.29) is 55.9 Å². The Labute approximate surface area is 236 Å². The van der Waals surface area contributed by atoms with Crippen molar-refractivity contribution in [3.8, 4) is 5.75 Å². The second-order valence-electron chi connectivity index (χ2n) is 8.90. The van der Waals surface area contributed by atoms with Crippen molar-refractivity contribution in [3.05, 3.63) is 69.4 Å². The van der Waals surface area contributed by atoms with Crippen LogP contribution in [0.15, 0.2) is 41.3 Å². The first kappa shape index (κ1) is 31.9. The smallest absolute Gasteiger partial charge is 0.332 e. The molecule has 0 bridgehead atoms. The molecule has 0 saturated carbocycles. The van der Waals surface area contributed by atoms with E-state index in [1.807, 2.05) is 0 Å². The Hall–Kier alpha value is -3.64. The summed E-state index contributed by atoms with van der Waals surface area (Å²) < 4.78 is 42.4. The van der Waals surface area contributed by atoms with Crippen LogP contribution in [0.4, 0.5) is 4.39 Å². The van der Waals surface area contributed by atoms with E-state index >= 15 is 0 Å². The molecule has 0 atom stereocenters. The van der Waals surface area contributed by atoms with Gasteiger partial charge in [0.05, 0.1) is 31.5 Å². The normalized spacial score (nSPS) is 11.5. The molecule has 0 aliphatic rings. The van der Waals surface area contributed by atoms with Gasteiger partial charge in [-0.1, -0.05) is 12.1 Å². The molecule has 14 heteroatoms. The van der Waals surface area contributed by atoms with Gasteiger partial charge in [-0.05, 0) is 49.6 Å². The lowest BCUT2D eigenvalue weighted by Crippen LogP contribution is -2.38. The number of benzene rings is 1. The van der Waals surface area contributed by atoms with Gasteiger partial charge in [0, 0.05) is 26.4 Å². The molecule has 0 aliphatic carbocycles. The standard InChI is InChI=1S/C27H34FN4O8P/c1-4-39-41(37,40-5-2)13-11-29-22(33)17-32-21-15-19(14-18-6-8-20(28)9-7-18)16-31-24(21)25(34)23(27(32)36)26(35)30-10-12-38-3/h6-9,15-16,34H,4-5,10-14,17H2,1-3H3,(H,29,33)(H,30,35). The fraction of sp³-hybridized carbons (Fsp3) is 0.407. The zero-order valence-electron chi connectivity index (χ0n) is 23.1. The number of carbonyl (C=O) groups is 2. The molecule has 3 aromatic rings. The summed E-state index contributed by atoms with van der Waals surface area (Å²) in [5.41, 5.74) is -0.0406. The minimum Gasteiger partial charge on any atom is -0.505 e. The van der Waals surface area contributed by atoms with Crippen LogP contribution < -0.4 is 16.2 Å². The van der Waals surface area contributed by atoms with Crippen LogP contribution in [-0.4, -0.2) is 72.7 Å². The first-order valence-electron chi connectivity index (χ1n) is 13.0. The second-order valence-corrected chi connectivity index (χ2v) is 11.1. The Morgan fingerprint density at radius 2 is 1.76 bits per heavy atom. The van der Waals surface area contributed by atoms with E-state index in [9.17, 15) is 28.4 Å². The van der Waals surface area contributed by atoms with Gasteiger partial charge in [0.25, 0.3) is 11.5 Å². The molecule has 3 N–H and O–H groups in total. The topological polar surface area (TPSA) is 158 Å². The number of carbonyl (C=O) groups excluding carboxylic acids is 2. The number of halogens is 1. The summed E-state index contributed by atoms with van der Waals surface area (Å²) in [6.07, 6.45) is 1.71. The van der Waals surface area contributed by atoms with Gasteiger partial charge in [-0.25, -0.2) is 4.39 Å². The van der Waals surface area contributed by atoms with E-state index in [0.717, 1.165) is 10.1 Å². The highest BCUT2D eigenvalue weighted by atomic mass is 31.2. The third kappa shape index (κ3) is 8.43. The highest BCUT2D eigenvalue weighted by Gasteiger charge is 2.26. The lowest BCUT2D eigenvalue weighted by Gasteiger charge is -2.18. The van der Waals surface area contributed by atoms with Gasteiger partial charge in [-0.15, -0.1) is 0 Å². The van der Waals surface area contributed by atoms with Crippen molar-refractivity contribution in [2.45, 2.75) is 26.8 Å². The maximum atomic E-state index is 13.5. The van der Waals surface area contributed by atoms with Crippen LogP contribution in [0.5, 0.6) is 5.75 Å². The van der Waals surface area contributed by atoms with Crippen LogP contribution in [0.1, 0.15) is 35.3 Å². The molecule has 0 aliphatic heterocycles. The maximum Gasteiger partial charge on any atom is 0.332 e. The van der Waals surface area contributed by atoms with Gasteiger partial charge >= 0.3 is 7.60 Å². The van der Waals surface area contributed by atoms with E-state index in [0.29, 0.717) is 12.0 Å². The molecule has 2 heterocycles. The molecule has 0 saturated heterocycles. The molecule has 0 unspecified atom stereocenters. The number of aromatic hydroxyl groups is 1. The molecule has 2 amide bonds. The van der Waals surface area contributed by atoms with Crippen molar-refractivity contribution in [1.29, 1.82) is 0 Å². The van der Waals surface area contributed by atoms with E-state index in [4.69, 9.17) is 13.8 Å². The quantitative estimate of drug-likeness (QED) is 0.178. The van der Waals surface area contributed by atoms with Crippen LogP contribution in [0.2, 0.25) is 0 Å². The van der Waals surface area contributed by atoms with Crippen molar-refractivity contribution < 1.29 is 37.4 Å². The number of ether oxygens (including phenoxy) is 1. The monoisotopic (exact) mass is 592 g/mol. The first-order chi connectivity index (χ1) is 19.6. The largest absolute Gasteiger partial charge is 0.505 e. The molecule has 1 aromatic carbocycles. The summed E-state index contributed by atoms with van der Waals surface area (Å²) in [6, 6.07) is 7.42. The van der Waals surface area contributed by atoms with Crippen LogP contribution in [0.25, 0.3) is 11.0 Å². The molecule has 41 heavy (non-hydrogen) atoms. The fourth-order valence-corrected chi connectivity index (χ4v) is 5.60. The number of hydrogen-bond acceptors (Lipinski definition) is 9. The molecule has 0 fully saturated rings. The summed E-state index contributed by atoms with van der Waals surface area (Å²) in [6.45, 7) is 3.36. The van der Waals surface area contributed by atoms with Crippen molar-refractivity contribution in [3.63, 3.8) is 0 Å². The molecular weight excluding hydrogens is 558 g/mol. The zero-order valence-corrected chi connectivity index (χ0v) is 24.0. The molecule has 3 rings (SSSR count). The summed E-state index contributed by atoms with van der Waals surface area (Å²) in [7, 11) is -1.96. The average Bonchev–Trinajstić information content (AvgIpc) is 2.93. The Morgan fingerprint density at radius 3 is 2.39 bits per heavy atom. The summed E-state index contributed by atoms with van der Waals surface area (Å²) in [5, 5.41) is 16.0. The highest BCUT2D eigenvalue weighted by Crippen LogP contribution is 2.47. The molecule has 0 radical (unpaired) electrons. The van der Waals surface area contributed by atoms with Gasteiger partial charge in [0.1, 0.15) is 23.4 Å². The van der Waals surface area contributed by atoms with Gasteiger partial charge in [0.2, 0.25) is 5.91 Å². The van der Waals surface area contributed by atoms with Gasteiger partial charge < -0.3 is 29.5 Å². The molecule has 222 valence electrons. The van der Waals surface area contributed by atoms with Gasteiger partial charge in [-0.3, -0.25) is 28.5 Å². The zero-order chi connectivity index (χ0) is 30.0. The lowest BCUT2D eigenvalue weighted by molar-refractivity contribution is -0.121. The number of fused-ring (bicyclic) bond motifs is 1. The Kier molecular flexibility index (Phi) is 11.5. The number of nitrogens with one attached hydrogen (secondary N) is 2. The Bertz CT molecular complexity index is 1470. The SMILES string of the molecule is CCOP(=O)(CCNC(=O)Cn1c(=O)c(C(=O)NCCOC)c(O)c2ncc(Cc3ccc(F)cc3)cc21)OCC. The maximum absolute atomic E-state index is 13.5. The fourth-order valence-electron chi connectivity index (χ4n) is 4.09. The minimum atomic E-state index is -3.40. The van der Waals surface area contributed by atoms with E-state index in [1.54, 1.807) is 32.0 Å². The van der Waals surface area contributed by atoms with E-state index in [2.05, 4.69) is 15.6 Å². The number of nitrogens with zero attached hydrogens (tertiary/aromatic N) is 2. The Morgan fingerprint density at radius 1 is 1.07 bits per heavy atom. The van der Waals surface area contributed by atoms with Crippen molar-refractivity contribution in [2.75, 3.05) is 46.2 Å². The molecule has 12 nitrogen and oxygen atoms in total. The predicted octanol–water partition coefficient (Wildman–Crippen LogP) is 2.59. The van der Waals surface area contributed by atoms with E-state index < -0.39 is 42.8 Å². The number of pyridine rings is 2. The third-order valence-corrected chi connectivity index (χ3v) is 8.01. The molecular formula is C27H34FN4O8P. The second kappa shape index (κ2) is 14.8. The van der Waals surface area contributed by atoms with Crippen molar-refractivity contribution >= 4 is 30.4 Å². The highest BCUT2D eigenvalue weighted by molar-refractivity contribution is 7.53. The minimum absolute atomic E-state index is 0.0562. The number of aromatic nitrogens is 2. The lowest BCUT2D eigenvalue weighted by atomic mass is 10.1. The predicted molar refractivity (Wildman–Crippen MR) is 150 cm³/mol. The number of amides is 2. The van der Waals surface area contributed by atoms with Gasteiger partial charge in [-0.2, -0.15) is 0 Å². The van der Waals surface area contributed by atoms with Gasteiger partial charge in [0.15, 0.2) is 5.75 Å². The number of rotatable bonds is 15. The molecule has 0 spiro atoms. The summed E-state index contributed by atoms with van der Waals surface area (Å²) >= 11 is 0. The average molecular weight is 593 g/mol. The summed E-state index contributed by atoms with van der Waals surface area (Å²) in [5.74, 6) is -2.48. The molecule has 2 aromatic heterocycles. The summed E-state index contributed by atoms with van der Waals surface area (Å²) in [4.78, 5) is 43.5. The van der Waals surface area contributed by atoms with E-state index in [1.165, 1.54) is 25.4 Å². The van der Waals surface area contributed by atoms with Crippen molar-refractivity contribution in [1.82, 2.24) is 20.2 Å². The number of hydrogen-bond donors (Lipinski definition) is 3.